The van der Waals surface area contributed by atoms with Crippen LogP contribution in [0.25, 0.3) is 0 Å². The molecule has 0 bridgehead atoms. The second-order valence-electron chi connectivity index (χ2n) is 7.85. The topological polar surface area (TPSA) is 101 Å². The van der Waals surface area contributed by atoms with E-state index in [9.17, 15) is 15.8 Å². The van der Waals surface area contributed by atoms with E-state index in [1.165, 1.54) is 5.56 Å². The Bertz CT molecular complexity index is 933. The zero-order valence-corrected chi connectivity index (χ0v) is 16.6. The predicted octanol–water partition coefficient (Wildman–Crippen LogP) is 3.56. The molecule has 0 saturated heterocycles. The molecule has 1 aliphatic heterocycles. The Morgan fingerprint density at radius 3 is 2.32 bits per heavy atom. The Labute approximate surface area is 167 Å². The van der Waals surface area contributed by atoms with Crippen LogP contribution in [-0.2, 0) is 0 Å². The molecule has 0 spiro atoms. The van der Waals surface area contributed by atoms with Crippen LogP contribution in [0.15, 0.2) is 47.2 Å². The second kappa shape index (κ2) is 7.51. The van der Waals surface area contributed by atoms with Crippen molar-refractivity contribution in [1.29, 1.82) is 15.8 Å². The molecule has 0 unspecified atom stereocenters. The first-order valence-electron chi connectivity index (χ1n) is 9.68. The fourth-order valence-corrected chi connectivity index (χ4v) is 4.46. The molecule has 1 aromatic carbocycles. The van der Waals surface area contributed by atoms with E-state index >= 15 is 0 Å². The van der Waals surface area contributed by atoms with Crippen LogP contribution in [0, 0.1) is 45.3 Å². The fourth-order valence-electron chi connectivity index (χ4n) is 4.46. The molecular formula is C23H25N5. The monoisotopic (exact) mass is 371 g/mol. The first-order valence-corrected chi connectivity index (χ1v) is 9.68. The molecule has 142 valence electrons. The van der Waals surface area contributed by atoms with Crippen LogP contribution in [-0.4, -0.2) is 24.5 Å². The van der Waals surface area contributed by atoms with Crippen LogP contribution in [0.1, 0.15) is 43.7 Å². The van der Waals surface area contributed by atoms with Gasteiger partial charge in [0.1, 0.15) is 6.07 Å². The molecule has 0 aromatic heterocycles. The molecule has 1 aliphatic carbocycles. The van der Waals surface area contributed by atoms with Crippen LogP contribution >= 0.6 is 0 Å². The van der Waals surface area contributed by atoms with Gasteiger partial charge in [-0.1, -0.05) is 51.1 Å². The Balaban J connectivity index is 2.25. The molecule has 2 aliphatic rings. The third-order valence-electron chi connectivity index (χ3n) is 6.15. The molecule has 0 fully saturated rings. The molecule has 2 atom stereocenters. The van der Waals surface area contributed by atoms with E-state index in [-0.39, 0.29) is 11.6 Å². The number of nitriles is 3. The van der Waals surface area contributed by atoms with Crippen molar-refractivity contribution in [2.75, 3.05) is 19.6 Å². The lowest BCUT2D eigenvalue weighted by Crippen LogP contribution is -2.48. The molecule has 28 heavy (non-hydrogen) atoms. The highest BCUT2D eigenvalue weighted by atomic mass is 15.1. The van der Waals surface area contributed by atoms with Gasteiger partial charge in [0.25, 0.3) is 0 Å². The third-order valence-corrected chi connectivity index (χ3v) is 6.15. The maximum Gasteiger partial charge on any atom is 0.191 e. The van der Waals surface area contributed by atoms with Crippen LogP contribution < -0.4 is 5.73 Å². The quantitative estimate of drug-likeness (QED) is 0.875. The summed E-state index contributed by atoms with van der Waals surface area (Å²) in [5, 5.41) is 29.9. The molecular weight excluding hydrogens is 346 g/mol. The number of hydrogen-bond donors (Lipinski definition) is 1. The number of rotatable bonds is 3. The van der Waals surface area contributed by atoms with Crippen molar-refractivity contribution < 1.29 is 0 Å². The van der Waals surface area contributed by atoms with E-state index in [1.54, 1.807) is 0 Å². The van der Waals surface area contributed by atoms with Gasteiger partial charge in [0, 0.05) is 24.9 Å². The lowest BCUT2D eigenvalue weighted by Gasteiger charge is -2.45. The second-order valence-corrected chi connectivity index (χ2v) is 7.85. The molecule has 5 nitrogen and oxygen atoms in total. The first-order chi connectivity index (χ1) is 13.4. The summed E-state index contributed by atoms with van der Waals surface area (Å²) in [6, 6.07) is 14.7. The molecule has 5 heteroatoms. The van der Waals surface area contributed by atoms with E-state index in [2.05, 4.69) is 56.0 Å². The van der Waals surface area contributed by atoms with Crippen LogP contribution in [0.3, 0.4) is 0 Å². The Hall–Kier alpha value is -3.07. The van der Waals surface area contributed by atoms with Gasteiger partial charge in [-0.3, -0.25) is 4.90 Å². The average molecular weight is 371 g/mol. The van der Waals surface area contributed by atoms with E-state index in [0.29, 0.717) is 18.0 Å². The summed E-state index contributed by atoms with van der Waals surface area (Å²) in [4.78, 5) is 2.26. The largest absolute Gasteiger partial charge is 0.399 e. The van der Waals surface area contributed by atoms with E-state index < -0.39 is 11.3 Å². The summed E-state index contributed by atoms with van der Waals surface area (Å²) in [6.45, 7) is 8.66. The minimum Gasteiger partial charge on any atom is -0.399 e. The number of likely N-dealkylation sites (N-methyl/N-ethyl adjacent to an activating group) is 1. The highest BCUT2D eigenvalue weighted by Gasteiger charge is 2.54. The van der Waals surface area contributed by atoms with Gasteiger partial charge in [0.2, 0.25) is 0 Å². The Morgan fingerprint density at radius 2 is 1.82 bits per heavy atom. The number of benzene rings is 1. The summed E-state index contributed by atoms with van der Waals surface area (Å²) in [5.41, 5.74) is 8.17. The van der Waals surface area contributed by atoms with Crippen molar-refractivity contribution in [2.45, 2.75) is 32.6 Å². The van der Waals surface area contributed by atoms with Gasteiger partial charge in [-0.15, -0.1) is 0 Å². The zero-order valence-electron chi connectivity index (χ0n) is 16.6. The lowest BCUT2D eigenvalue weighted by atomic mass is 9.58. The molecule has 0 radical (unpaired) electrons. The smallest absolute Gasteiger partial charge is 0.191 e. The summed E-state index contributed by atoms with van der Waals surface area (Å²) >= 11 is 0. The Morgan fingerprint density at radius 1 is 1.18 bits per heavy atom. The van der Waals surface area contributed by atoms with Crippen LogP contribution in [0.5, 0.6) is 0 Å². The van der Waals surface area contributed by atoms with E-state index in [4.69, 9.17) is 5.73 Å². The minimum absolute atomic E-state index is 0.0883. The van der Waals surface area contributed by atoms with E-state index in [1.807, 2.05) is 18.2 Å². The van der Waals surface area contributed by atoms with Gasteiger partial charge in [-0.2, -0.15) is 15.8 Å². The van der Waals surface area contributed by atoms with Crippen LogP contribution in [0.4, 0.5) is 0 Å². The van der Waals surface area contributed by atoms with Gasteiger partial charge in [-0.25, -0.2) is 0 Å². The third kappa shape index (κ3) is 2.88. The van der Waals surface area contributed by atoms with Crippen molar-refractivity contribution in [3.8, 4) is 18.2 Å². The maximum atomic E-state index is 10.1. The fraction of sp³-hybridized carbons (Fsp3) is 0.435. The van der Waals surface area contributed by atoms with Crippen LogP contribution in [0.2, 0.25) is 0 Å². The van der Waals surface area contributed by atoms with Crippen molar-refractivity contribution >= 4 is 0 Å². The number of allylic oxidation sites excluding steroid dienone is 2. The minimum atomic E-state index is -1.55. The standard InChI is InChI=1S/C23H25N5/c1-4-28-10-9-18-19(11-24)22(27)23(13-25,14-26)21(20(18)12-28)17-7-5-16(6-8-17)15(2)3/h5-9,15,20-21H,4,10,12,27H2,1-3H3/t20-,21+/m1/s1. The summed E-state index contributed by atoms with van der Waals surface area (Å²) in [6.07, 6.45) is 2.04. The van der Waals surface area contributed by atoms with Gasteiger partial charge in [0.05, 0.1) is 23.4 Å². The van der Waals surface area contributed by atoms with Crippen molar-refractivity contribution in [3.63, 3.8) is 0 Å². The lowest BCUT2D eigenvalue weighted by molar-refractivity contribution is 0.214. The van der Waals surface area contributed by atoms with Crippen molar-refractivity contribution in [2.24, 2.45) is 17.1 Å². The van der Waals surface area contributed by atoms with Crippen molar-refractivity contribution in [3.05, 3.63) is 58.3 Å². The molecule has 0 saturated carbocycles. The van der Waals surface area contributed by atoms with Gasteiger partial charge in [-0.05, 0) is 29.2 Å². The average Bonchev–Trinajstić information content (AvgIpc) is 2.72. The predicted molar refractivity (Wildman–Crippen MR) is 107 cm³/mol. The Kier molecular flexibility index (Phi) is 5.28. The molecule has 3 rings (SSSR count). The molecule has 1 aromatic rings. The SMILES string of the molecule is CCN1CC=C2C(C#N)=C(N)C(C#N)(C#N)[C@@H](c3ccc(C(C)C)cc3)[C@@H]2C1. The number of hydrogen-bond acceptors (Lipinski definition) is 5. The summed E-state index contributed by atoms with van der Waals surface area (Å²) in [5.74, 6) is -0.144. The van der Waals surface area contributed by atoms with Gasteiger partial charge >= 0.3 is 0 Å². The van der Waals surface area contributed by atoms with E-state index in [0.717, 1.165) is 24.2 Å². The van der Waals surface area contributed by atoms with Gasteiger partial charge < -0.3 is 5.73 Å². The maximum absolute atomic E-state index is 10.1. The number of nitrogens with zero attached hydrogens (tertiary/aromatic N) is 4. The molecule has 2 N–H and O–H groups in total. The van der Waals surface area contributed by atoms with Crippen molar-refractivity contribution in [1.82, 2.24) is 4.90 Å². The van der Waals surface area contributed by atoms with Gasteiger partial charge in [0.15, 0.2) is 5.41 Å². The summed E-state index contributed by atoms with van der Waals surface area (Å²) in [7, 11) is 0. The molecule has 0 amide bonds. The number of nitrogens with two attached hydrogens (primary N) is 1. The highest BCUT2D eigenvalue weighted by Crippen LogP contribution is 2.54. The number of fused-ring (bicyclic) bond motifs is 1. The first kappa shape index (κ1) is 19.7. The molecule has 1 heterocycles. The summed E-state index contributed by atoms with van der Waals surface area (Å²) < 4.78 is 0. The zero-order chi connectivity index (χ0) is 20.5. The normalized spacial score (nSPS) is 24.0. The highest BCUT2D eigenvalue weighted by molar-refractivity contribution is 5.59.